The van der Waals surface area contributed by atoms with Gasteiger partial charge in [0.25, 0.3) is 0 Å². The lowest BCUT2D eigenvalue weighted by molar-refractivity contribution is -0.116. The van der Waals surface area contributed by atoms with Gasteiger partial charge >= 0.3 is 0 Å². The first kappa shape index (κ1) is 21.2. The molecular formula is C19H17BrFN5O4. The summed E-state index contributed by atoms with van der Waals surface area (Å²) in [6.45, 7) is 0. The van der Waals surface area contributed by atoms with E-state index in [1.807, 2.05) is 24.3 Å². The van der Waals surface area contributed by atoms with Crippen LogP contribution in [0, 0.1) is 5.82 Å². The van der Waals surface area contributed by atoms with Crippen LogP contribution in [-0.2, 0) is 16.2 Å². The van der Waals surface area contributed by atoms with Gasteiger partial charge in [0.05, 0.1) is 17.3 Å². The van der Waals surface area contributed by atoms with Crippen molar-refractivity contribution in [2.24, 2.45) is 5.16 Å². The van der Waals surface area contributed by atoms with Crippen LogP contribution < -0.4 is 15.5 Å². The number of methoxy groups -OCH3 is 1. The lowest BCUT2D eigenvalue weighted by Crippen LogP contribution is -2.14. The molecule has 0 saturated carbocycles. The second-order valence-corrected chi connectivity index (χ2v) is 6.81. The quantitative estimate of drug-likeness (QED) is 0.354. The Morgan fingerprint density at radius 1 is 1.30 bits per heavy atom. The number of nitrogens with one attached hydrogen (secondary N) is 2. The van der Waals surface area contributed by atoms with Crippen LogP contribution in [0.5, 0.6) is 5.75 Å². The van der Waals surface area contributed by atoms with E-state index in [0.29, 0.717) is 12.1 Å². The van der Waals surface area contributed by atoms with Gasteiger partial charge in [-0.15, -0.1) is 0 Å². The summed E-state index contributed by atoms with van der Waals surface area (Å²) in [4.78, 5) is 17.1. The van der Waals surface area contributed by atoms with E-state index in [1.165, 1.54) is 24.4 Å². The smallest absolute Gasteiger partial charge is 0.226 e. The van der Waals surface area contributed by atoms with Gasteiger partial charge in [0.1, 0.15) is 17.8 Å². The van der Waals surface area contributed by atoms with Gasteiger partial charge < -0.3 is 10.1 Å². The normalized spacial score (nSPS) is 10.8. The van der Waals surface area contributed by atoms with E-state index in [-0.39, 0.29) is 28.3 Å². The highest BCUT2D eigenvalue weighted by molar-refractivity contribution is 9.10. The third-order valence-corrected chi connectivity index (χ3v) is 4.47. The largest absolute Gasteiger partial charge is 0.497 e. The second kappa shape index (κ2) is 10.3. The van der Waals surface area contributed by atoms with Crippen LogP contribution in [0.25, 0.3) is 0 Å². The maximum atomic E-state index is 13.2. The summed E-state index contributed by atoms with van der Waals surface area (Å²) in [7, 11) is 1.59. The van der Waals surface area contributed by atoms with E-state index in [9.17, 15) is 9.18 Å². The molecule has 30 heavy (non-hydrogen) atoms. The topological polar surface area (TPSA) is 111 Å². The van der Waals surface area contributed by atoms with Gasteiger partial charge in [0, 0.05) is 6.42 Å². The molecule has 2 N–H and O–H groups in total. The van der Waals surface area contributed by atoms with Crippen LogP contribution in [0.2, 0.25) is 0 Å². The van der Waals surface area contributed by atoms with E-state index in [4.69, 9.17) is 9.68 Å². The van der Waals surface area contributed by atoms with Crippen LogP contribution in [0.3, 0.4) is 0 Å². The van der Waals surface area contributed by atoms with E-state index >= 15 is 0 Å². The number of aromatic nitrogens is 2. The number of hydrogen-bond acceptors (Lipinski definition) is 8. The van der Waals surface area contributed by atoms with Gasteiger partial charge in [-0.2, -0.15) is 5.48 Å². The van der Waals surface area contributed by atoms with E-state index in [1.54, 1.807) is 7.11 Å². The van der Waals surface area contributed by atoms with Crippen molar-refractivity contribution >= 4 is 39.6 Å². The first-order valence-electron chi connectivity index (χ1n) is 8.71. The van der Waals surface area contributed by atoms with E-state index in [0.717, 1.165) is 11.3 Å². The lowest BCUT2D eigenvalue weighted by Gasteiger charge is -2.05. The zero-order valence-corrected chi connectivity index (χ0v) is 17.3. The average Bonchev–Trinajstić information content (AvgIpc) is 3.19. The number of carbonyl (C=O) groups is 1. The maximum absolute atomic E-state index is 13.2. The maximum Gasteiger partial charge on any atom is 0.226 e. The molecule has 156 valence electrons. The molecule has 1 heterocycles. The molecule has 1 amide bonds. The van der Waals surface area contributed by atoms with Crippen molar-refractivity contribution in [1.82, 2.24) is 10.3 Å². The molecule has 0 atom stereocenters. The molecule has 0 unspecified atom stereocenters. The highest BCUT2D eigenvalue weighted by Crippen LogP contribution is 2.20. The van der Waals surface area contributed by atoms with Crippen LogP contribution in [-0.4, -0.2) is 29.5 Å². The number of aryl methyl sites for hydroxylation is 1. The van der Waals surface area contributed by atoms with Crippen molar-refractivity contribution in [3.05, 3.63) is 64.0 Å². The minimum absolute atomic E-state index is 0.113. The van der Waals surface area contributed by atoms with Crippen LogP contribution in [0.15, 0.2) is 56.7 Å². The Hall–Kier alpha value is -3.47. The van der Waals surface area contributed by atoms with Crippen molar-refractivity contribution in [2.75, 3.05) is 17.9 Å². The summed E-state index contributed by atoms with van der Waals surface area (Å²) in [5.74, 6) is 0.180. The summed E-state index contributed by atoms with van der Waals surface area (Å²) in [6, 6.07) is 11.7. The monoisotopic (exact) mass is 477 g/mol. The van der Waals surface area contributed by atoms with Gasteiger partial charge in [0.15, 0.2) is 5.69 Å². The fraction of sp³-hybridized carbons (Fsp3) is 0.158. The van der Waals surface area contributed by atoms with Gasteiger partial charge in [-0.1, -0.05) is 17.3 Å². The number of halogens is 2. The molecule has 9 nitrogen and oxygen atoms in total. The first-order chi connectivity index (χ1) is 14.5. The number of carbonyl (C=O) groups excluding carboxylic acids is 1. The number of rotatable bonds is 9. The number of anilines is 2. The predicted octanol–water partition coefficient (Wildman–Crippen LogP) is 3.93. The Kier molecular flexibility index (Phi) is 7.33. The molecule has 0 bridgehead atoms. The molecule has 1 aromatic heterocycles. The highest BCUT2D eigenvalue weighted by Gasteiger charge is 2.12. The Balaban J connectivity index is 1.49. The van der Waals surface area contributed by atoms with Crippen LogP contribution >= 0.6 is 15.9 Å². The molecule has 0 aliphatic rings. The summed E-state index contributed by atoms with van der Waals surface area (Å²) >= 11 is 3.07. The molecule has 0 radical (unpaired) electrons. The predicted molar refractivity (Wildman–Crippen MR) is 111 cm³/mol. The van der Waals surface area contributed by atoms with E-state index < -0.39 is 5.82 Å². The van der Waals surface area contributed by atoms with Crippen molar-refractivity contribution < 1.29 is 23.5 Å². The summed E-state index contributed by atoms with van der Waals surface area (Å²) in [5.41, 5.74) is 4.13. The summed E-state index contributed by atoms with van der Waals surface area (Å²) in [5, 5.41) is 13.6. The zero-order valence-electron chi connectivity index (χ0n) is 15.8. The van der Waals surface area contributed by atoms with Crippen molar-refractivity contribution in [3.8, 4) is 5.75 Å². The zero-order chi connectivity index (χ0) is 21.3. The van der Waals surface area contributed by atoms with Gasteiger partial charge in [0.2, 0.25) is 11.7 Å². The second-order valence-electron chi connectivity index (χ2n) is 5.95. The van der Waals surface area contributed by atoms with Crippen molar-refractivity contribution in [2.45, 2.75) is 12.8 Å². The molecule has 0 aliphatic heterocycles. The standard InChI is InChI=1S/C19H17BrFN5O4/c1-28-14-4-2-3-12(9-14)5-8-18(27)23-19-17(25-30-26-19)11-22-29-24-13-6-7-16(21)15(20)10-13/h2-4,6-7,9-11,24H,5,8H2,1H3,(H,23,26,27)/b22-11+. The molecule has 0 aliphatic carbocycles. The Morgan fingerprint density at radius 3 is 2.97 bits per heavy atom. The molecule has 0 saturated heterocycles. The third-order valence-electron chi connectivity index (χ3n) is 3.86. The van der Waals surface area contributed by atoms with Crippen molar-refractivity contribution in [3.63, 3.8) is 0 Å². The Labute approximate surface area is 179 Å². The minimum Gasteiger partial charge on any atom is -0.497 e. The molecule has 0 spiro atoms. The summed E-state index contributed by atoms with van der Waals surface area (Å²) < 4.78 is 23.3. The van der Waals surface area contributed by atoms with Gasteiger partial charge in [-0.25, -0.2) is 9.02 Å². The third kappa shape index (κ3) is 6.01. The Bertz CT molecular complexity index is 1040. The molecule has 2 aromatic carbocycles. The fourth-order valence-electron chi connectivity index (χ4n) is 2.36. The van der Waals surface area contributed by atoms with Crippen molar-refractivity contribution in [1.29, 1.82) is 0 Å². The molecular weight excluding hydrogens is 461 g/mol. The SMILES string of the molecule is COc1cccc(CCC(=O)Nc2nonc2/C=N/ONc2ccc(F)c(Br)c2)c1. The molecule has 3 rings (SSSR count). The molecule has 3 aromatic rings. The van der Waals surface area contributed by atoms with E-state index in [2.05, 4.69) is 46.8 Å². The summed E-state index contributed by atoms with van der Waals surface area (Å²) in [6.07, 6.45) is 1.96. The van der Waals surface area contributed by atoms with Crippen LogP contribution in [0.1, 0.15) is 17.7 Å². The molecule has 11 heteroatoms. The number of nitrogens with zero attached hydrogens (tertiary/aromatic N) is 3. The number of amides is 1. The highest BCUT2D eigenvalue weighted by atomic mass is 79.9. The van der Waals surface area contributed by atoms with Crippen LogP contribution in [0.4, 0.5) is 15.9 Å². The number of hydrogen-bond donors (Lipinski definition) is 2. The average molecular weight is 478 g/mol. The molecule has 0 fully saturated rings. The number of ether oxygens (including phenoxy) is 1. The minimum atomic E-state index is -0.399. The van der Waals surface area contributed by atoms with Gasteiger partial charge in [-0.05, 0) is 68.6 Å². The van der Waals surface area contributed by atoms with Gasteiger partial charge in [-0.3, -0.25) is 9.73 Å². The fourth-order valence-corrected chi connectivity index (χ4v) is 2.74. The lowest BCUT2D eigenvalue weighted by atomic mass is 10.1. The number of benzene rings is 2. The first-order valence-corrected chi connectivity index (χ1v) is 9.50. The number of oxime groups is 1. The Morgan fingerprint density at radius 2 is 2.17 bits per heavy atom.